The van der Waals surface area contributed by atoms with Crippen LogP contribution in [0.4, 0.5) is 10.2 Å². The molecule has 2 aromatic carbocycles. The van der Waals surface area contributed by atoms with Crippen LogP contribution in [-0.2, 0) is 27.6 Å². The number of rotatable bonds is 7. The summed E-state index contributed by atoms with van der Waals surface area (Å²) in [6.45, 7) is 4.09. The molecule has 0 unspecified atom stereocenters. The molecule has 1 aromatic heterocycles. The smallest absolute Gasteiger partial charge is 0.254 e. The fraction of sp³-hybridized carbons (Fsp3) is 0.296. The maximum atomic E-state index is 15.0. The SMILES string of the molecule is CCc1c(C(=O)N2CCOc3ccc(-c4ccc(N[C@@H](C)C(N)=O)nc4)cc3C2)ccc(S(C)(=O)=O)c1F. The highest BCUT2D eigenvalue weighted by Gasteiger charge is 2.27. The van der Waals surface area contributed by atoms with Gasteiger partial charge in [0.1, 0.15) is 34.9 Å². The number of hydrogen-bond acceptors (Lipinski definition) is 7. The van der Waals surface area contributed by atoms with Crippen molar-refractivity contribution in [2.75, 3.05) is 24.7 Å². The van der Waals surface area contributed by atoms with Crippen LogP contribution < -0.4 is 15.8 Å². The molecule has 200 valence electrons. The minimum Gasteiger partial charge on any atom is -0.491 e. The number of carbonyl (C=O) groups excluding carboxylic acids is 2. The number of hydrogen-bond donors (Lipinski definition) is 2. The van der Waals surface area contributed by atoms with Crippen LogP contribution >= 0.6 is 0 Å². The van der Waals surface area contributed by atoms with Gasteiger partial charge in [0.25, 0.3) is 5.91 Å². The van der Waals surface area contributed by atoms with E-state index < -0.39 is 38.4 Å². The lowest BCUT2D eigenvalue weighted by atomic mass is 10.0. The van der Waals surface area contributed by atoms with Crippen molar-refractivity contribution >= 4 is 27.5 Å². The van der Waals surface area contributed by atoms with Gasteiger partial charge in [-0.05, 0) is 55.3 Å². The Kier molecular flexibility index (Phi) is 7.68. The summed E-state index contributed by atoms with van der Waals surface area (Å²) in [7, 11) is -3.77. The second kappa shape index (κ2) is 10.8. The first-order valence-electron chi connectivity index (χ1n) is 12.1. The van der Waals surface area contributed by atoms with E-state index in [0.717, 1.165) is 29.0 Å². The van der Waals surface area contributed by atoms with Crippen molar-refractivity contribution < 1.29 is 27.1 Å². The summed E-state index contributed by atoms with van der Waals surface area (Å²) in [6, 6.07) is 11.2. The summed E-state index contributed by atoms with van der Waals surface area (Å²) in [5.74, 6) is -0.620. The monoisotopic (exact) mass is 540 g/mol. The maximum absolute atomic E-state index is 15.0. The molecule has 9 nitrogen and oxygen atoms in total. The normalized spacial score (nSPS) is 14.2. The lowest BCUT2D eigenvalue weighted by Crippen LogP contribution is -2.33. The number of benzene rings is 2. The number of sulfone groups is 1. The number of aromatic nitrogens is 1. The number of primary amides is 1. The summed E-state index contributed by atoms with van der Waals surface area (Å²) >= 11 is 0. The Morgan fingerprint density at radius 2 is 1.92 bits per heavy atom. The molecule has 4 rings (SSSR count). The van der Waals surface area contributed by atoms with Crippen LogP contribution in [0.15, 0.2) is 53.6 Å². The maximum Gasteiger partial charge on any atom is 0.254 e. The summed E-state index contributed by atoms with van der Waals surface area (Å²) in [4.78, 5) is 30.3. The largest absolute Gasteiger partial charge is 0.491 e. The molecule has 0 aliphatic carbocycles. The summed E-state index contributed by atoms with van der Waals surface area (Å²) < 4.78 is 44.8. The minimum atomic E-state index is -3.77. The Hall–Kier alpha value is -3.99. The number of ether oxygens (including phenoxy) is 1. The fourth-order valence-corrected chi connectivity index (χ4v) is 5.06. The Morgan fingerprint density at radius 3 is 2.55 bits per heavy atom. The molecule has 2 amide bonds. The van der Waals surface area contributed by atoms with Gasteiger partial charge in [-0.15, -0.1) is 0 Å². The zero-order chi connectivity index (χ0) is 27.6. The molecule has 0 spiro atoms. The van der Waals surface area contributed by atoms with Crippen LogP contribution in [0.5, 0.6) is 5.75 Å². The zero-order valence-corrected chi connectivity index (χ0v) is 22.1. The molecule has 0 bridgehead atoms. The van der Waals surface area contributed by atoms with Crippen molar-refractivity contribution in [3.63, 3.8) is 0 Å². The predicted octanol–water partition coefficient (Wildman–Crippen LogP) is 3.17. The summed E-state index contributed by atoms with van der Waals surface area (Å²) in [6.07, 6.45) is 2.77. The number of fused-ring (bicyclic) bond motifs is 1. The molecule has 3 aromatic rings. The van der Waals surface area contributed by atoms with Crippen LogP contribution in [0.3, 0.4) is 0 Å². The number of nitrogens with one attached hydrogen (secondary N) is 1. The standard InChI is InChI=1S/C27H29FN4O5S/c1-4-20-21(7-9-23(25(20)28)38(3,35)36)27(34)32-11-12-37-22-8-5-17(13-19(22)15-32)18-6-10-24(30-14-18)31-16(2)26(29)33/h5-10,13-14,16H,4,11-12,15H2,1-3H3,(H2,29,33)(H,30,31)/t16-/m0/s1. The molecule has 0 fully saturated rings. The molecule has 0 saturated heterocycles. The number of halogens is 1. The van der Waals surface area contributed by atoms with E-state index in [4.69, 9.17) is 10.5 Å². The van der Waals surface area contributed by atoms with E-state index in [1.165, 1.54) is 6.07 Å². The van der Waals surface area contributed by atoms with Gasteiger partial charge in [-0.1, -0.05) is 13.0 Å². The number of pyridine rings is 1. The molecule has 2 heterocycles. The van der Waals surface area contributed by atoms with Crippen LogP contribution in [0.2, 0.25) is 0 Å². The first-order chi connectivity index (χ1) is 18.0. The van der Waals surface area contributed by atoms with Crippen LogP contribution in [0.1, 0.15) is 35.3 Å². The molecule has 0 radical (unpaired) electrons. The van der Waals surface area contributed by atoms with Gasteiger partial charge in [-0.25, -0.2) is 17.8 Å². The fourth-order valence-electron chi connectivity index (χ4n) is 4.29. The van der Waals surface area contributed by atoms with Crippen LogP contribution in [-0.4, -0.2) is 55.6 Å². The first kappa shape index (κ1) is 27.1. The Balaban J connectivity index is 1.60. The van der Waals surface area contributed by atoms with Crippen molar-refractivity contribution in [3.8, 4) is 16.9 Å². The van der Waals surface area contributed by atoms with E-state index in [1.807, 2.05) is 24.3 Å². The van der Waals surface area contributed by atoms with Gasteiger partial charge >= 0.3 is 0 Å². The zero-order valence-electron chi connectivity index (χ0n) is 21.3. The van der Waals surface area contributed by atoms with Gasteiger partial charge in [0.15, 0.2) is 9.84 Å². The van der Waals surface area contributed by atoms with Gasteiger partial charge in [-0.2, -0.15) is 0 Å². The average molecular weight is 541 g/mol. The highest BCUT2D eigenvalue weighted by molar-refractivity contribution is 7.90. The number of carbonyl (C=O) groups is 2. The van der Waals surface area contributed by atoms with Crippen LogP contribution in [0, 0.1) is 5.82 Å². The topological polar surface area (TPSA) is 132 Å². The van der Waals surface area contributed by atoms with E-state index >= 15 is 4.39 Å². The lowest BCUT2D eigenvalue weighted by Gasteiger charge is -2.22. The number of nitrogens with two attached hydrogens (primary N) is 1. The third-order valence-corrected chi connectivity index (χ3v) is 7.52. The van der Waals surface area contributed by atoms with E-state index in [0.29, 0.717) is 11.6 Å². The van der Waals surface area contributed by atoms with Crippen LogP contribution in [0.25, 0.3) is 11.1 Å². The Labute approximate surface area is 220 Å². The van der Waals surface area contributed by atoms with E-state index in [1.54, 1.807) is 31.0 Å². The van der Waals surface area contributed by atoms with Gasteiger partial charge in [-0.3, -0.25) is 9.59 Å². The highest BCUT2D eigenvalue weighted by Crippen LogP contribution is 2.31. The van der Waals surface area contributed by atoms with Gasteiger partial charge < -0.3 is 20.7 Å². The number of nitrogens with zero attached hydrogens (tertiary/aromatic N) is 2. The molecule has 11 heteroatoms. The molecule has 1 aliphatic heterocycles. The van der Waals surface area contributed by atoms with E-state index in [9.17, 15) is 18.0 Å². The second-order valence-corrected chi connectivity index (χ2v) is 11.1. The summed E-state index contributed by atoms with van der Waals surface area (Å²) in [5, 5.41) is 2.93. The van der Waals surface area contributed by atoms with Crippen molar-refractivity contribution in [3.05, 3.63) is 71.2 Å². The molecule has 3 N–H and O–H groups in total. The van der Waals surface area contributed by atoms with Crippen molar-refractivity contribution in [1.82, 2.24) is 9.88 Å². The first-order valence-corrected chi connectivity index (χ1v) is 14.0. The quantitative estimate of drug-likeness (QED) is 0.471. The molecular formula is C27H29FN4O5S. The molecule has 38 heavy (non-hydrogen) atoms. The highest BCUT2D eigenvalue weighted by atomic mass is 32.2. The summed E-state index contributed by atoms with van der Waals surface area (Å²) in [5.41, 5.74) is 7.93. The van der Waals surface area contributed by atoms with E-state index in [2.05, 4.69) is 10.3 Å². The molecule has 1 aliphatic rings. The molecule has 1 atom stereocenters. The second-order valence-electron chi connectivity index (χ2n) is 9.13. The van der Waals surface area contributed by atoms with Crippen molar-refractivity contribution in [2.24, 2.45) is 5.73 Å². The lowest BCUT2D eigenvalue weighted by molar-refractivity contribution is -0.118. The Bertz CT molecular complexity index is 1490. The number of anilines is 1. The van der Waals surface area contributed by atoms with Crippen molar-refractivity contribution in [2.45, 2.75) is 37.8 Å². The van der Waals surface area contributed by atoms with Gasteiger partial charge in [0, 0.05) is 41.3 Å². The van der Waals surface area contributed by atoms with Gasteiger partial charge in [0.2, 0.25) is 5.91 Å². The average Bonchev–Trinajstić information content (AvgIpc) is 3.09. The molecule has 0 saturated carbocycles. The molecular weight excluding hydrogens is 511 g/mol. The van der Waals surface area contributed by atoms with Crippen molar-refractivity contribution in [1.29, 1.82) is 0 Å². The third-order valence-electron chi connectivity index (χ3n) is 6.41. The third kappa shape index (κ3) is 5.62. The Morgan fingerprint density at radius 1 is 1.18 bits per heavy atom. The predicted molar refractivity (Wildman–Crippen MR) is 141 cm³/mol. The minimum absolute atomic E-state index is 0.0718. The number of amides is 2. The van der Waals surface area contributed by atoms with E-state index in [-0.39, 0.29) is 37.2 Å². The van der Waals surface area contributed by atoms with Gasteiger partial charge in [0.05, 0.1) is 6.54 Å².